The lowest BCUT2D eigenvalue weighted by Crippen LogP contribution is -2.48. The number of ether oxygens (including phenoxy) is 2. The van der Waals surface area contributed by atoms with Crippen molar-refractivity contribution < 1.29 is 9.47 Å². The lowest BCUT2D eigenvalue weighted by atomic mass is 10.0. The van der Waals surface area contributed by atoms with Gasteiger partial charge in [0.15, 0.2) is 0 Å². The van der Waals surface area contributed by atoms with E-state index >= 15 is 0 Å². The van der Waals surface area contributed by atoms with E-state index in [0.717, 1.165) is 26.1 Å². The Morgan fingerprint density at radius 3 is 1.18 bits per heavy atom. The Balaban J connectivity index is 1.71. The Morgan fingerprint density at radius 2 is 0.955 bits per heavy atom. The second kappa shape index (κ2) is 4.73. The third-order valence-electron chi connectivity index (χ3n) is 4.73. The summed E-state index contributed by atoms with van der Waals surface area (Å²) in [6.45, 7) is 1.70. The molecule has 0 aliphatic carbocycles. The molecule has 5 rings (SSSR count). The third-order valence-corrected chi connectivity index (χ3v) is 4.73. The average Bonchev–Trinajstić information content (AvgIpc) is 2.46. The zero-order valence-corrected chi connectivity index (χ0v) is 12.3. The van der Waals surface area contributed by atoms with E-state index in [0.29, 0.717) is 0 Å². The Labute approximate surface area is 129 Å². The summed E-state index contributed by atoms with van der Waals surface area (Å²) in [5, 5.41) is 0. The van der Waals surface area contributed by atoms with E-state index in [1.54, 1.807) is 0 Å². The molecule has 0 aromatic heterocycles. The number of hydrogen-bond donors (Lipinski definition) is 0. The summed E-state index contributed by atoms with van der Waals surface area (Å²) < 4.78 is 11.6. The monoisotopic (exact) mass is 294 g/mol. The lowest BCUT2D eigenvalue weighted by Gasteiger charge is -2.49. The highest BCUT2D eigenvalue weighted by Gasteiger charge is 2.39. The van der Waals surface area contributed by atoms with E-state index in [1.165, 1.54) is 22.7 Å². The van der Waals surface area contributed by atoms with Gasteiger partial charge in [0, 0.05) is 12.8 Å². The van der Waals surface area contributed by atoms with Crippen LogP contribution in [0.4, 0.5) is 22.7 Å². The maximum atomic E-state index is 5.80. The fraction of sp³-hybridized carbons (Fsp3) is 0.333. The van der Waals surface area contributed by atoms with Gasteiger partial charge in [0.25, 0.3) is 0 Å². The summed E-state index contributed by atoms with van der Waals surface area (Å²) in [6, 6.07) is 17.1. The van der Waals surface area contributed by atoms with Crippen molar-refractivity contribution in [2.24, 2.45) is 0 Å². The molecule has 0 N–H and O–H groups in total. The lowest BCUT2D eigenvalue weighted by molar-refractivity contribution is -0.0492. The summed E-state index contributed by atoms with van der Waals surface area (Å²) in [6.07, 6.45) is 2.43. The molecular weight excluding hydrogens is 276 g/mol. The first-order chi connectivity index (χ1) is 10.9. The van der Waals surface area contributed by atoms with Crippen LogP contribution >= 0.6 is 0 Å². The molecule has 4 heteroatoms. The summed E-state index contributed by atoms with van der Waals surface area (Å²) in [7, 11) is 0. The Bertz CT molecular complexity index is 602. The molecule has 3 heterocycles. The molecule has 2 aromatic rings. The number of benzene rings is 2. The van der Waals surface area contributed by atoms with Gasteiger partial charge in [-0.15, -0.1) is 0 Å². The minimum absolute atomic E-state index is 0.145. The van der Waals surface area contributed by atoms with E-state index in [-0.39, 0.29) is 12.5 Å². The number of hydrogen-bond acceptors (Lipinski definition) is 4. The largest absolute Gasteiger partial charge is 0.358 e. The van der Waals surface area contributed by atoms with Gasteiger partial charge in [0.1, 0.15) is 12.5 Å². The van der Waals surface area contributed by atoms with Crippen molar-refractivity contribution in [2.75, 3.05) is 23.0 Å². The second-order valence-corrected chi connectivity index (χ2v) is 5.95. The number of rotatable bonds is 2. The molecular formula is C18H18N2O2. The first kappa shape index (κ1) is 12.5. The van der Waals surface area contributed by atoms with Crippen LogP contribution in [0.1, 0.15) is 12.8 Å². The maximum absolute atomic E-state index is 5.80. The molecule has 0 spiro atoms. The van der Waals surface area contributed by atoms with Gasteiger partial charge in [-0.2, -0.15) is 0 Å². The average molecular weight is 294 g/mol. The van der Waals surface area contributed by atoms with E-state index < -0.39 is 0 Å². The topological polar surface area (TPSA) is 24.9 Å². The van der Waals surface area contributed by atoms with E-state index in [1.807, 2.05) is 0 Å². The van der Waals surface area contributed by atoms with Gasteiger partial charge < -0.3 is 19.3 Å². The van der Waals surface area contributed by atoms with Crippen LogP contribution in [-0.2, 0) is 9.47 Å². The highest BCUT2D eigenvalue weighted by molar-refractivity contribution is 5.93. The minimum atomic E-state index is 0.145. The van der Waals surface area contributed by atoms with Gasteiger partial charge in [-0.1, -0.05) is 24.3 Å². The van der Waals surface area contributed by atoms with E-state index in [4.69, 9.17) is 9.47 Å². The Morgan fingerprint density at radius 1 is 0.636 bits per heavy atom. The van der Waals surface area contributed by atoms with Gasteiger partial charge in [-0.05, 0) is 24.3 Å². The highest BCUT2D eigenvalue weighted by Crippen LogP contribution is 2.51. The molecule has 2 saturated heterocycles. The van der Waals surface area contributed by atoms with Gasteiger partial charge in [0.05, 0.1) is 36.0 Å². The summed E-state index contributed by atoms with van der Waals surface area (Å²) in [5.41, 5.74) is 4.84. The molecule has 2 aromatic carbocycles. The van der Waals surface area contributed by atoms with Gasteiger partial charge in [0.2, 0.25) is 0 Å². The van der Waals surface area contributed by atoms with Crippen molar-refractivity contribution in [1.29, 1.82) is 0 Å². The predicted molar refractivity (Wildman–Crippen MR) is 85.9 cm³/mol. The molecule has 22 heavy (non-hydrogen) atoms. The highest BCUT2D eigenvalue weighted by atomic mass is 16.5. The van der Waals surface area contributed by atoms with Gasteiger partial charge in [-0.25, -0.2) is 0 Å². The second-order valence-electron chi connectivity index (χ2n) is 5.95. The standard InChI is InChI=1S/C18H18N2O2/c1-2-6-14-13(5-1)19(17-9-11-21-17)15-7-3-4-8-16(15)20(14)18-10-12-22-18/h1-8,17-18H,9-12H2. The fourth-order valence-corrected chi connectivity index (χ4v) is 3.48. The normalized spacial score (nSPS) is 25.8. The molecule has 0 saturated carbocycles. The first-order valence-corrected chi connectivity index (χ1v) is 7.93. The van der Waals surface area contributed by atoms with Crippen LogP contribution in [0.15, 0.2) is 48.5 Å². The maximum Gasteiger partial charge on any atom is 0.136 e. The SMILES string of the molecule is c1ccc2c(c1)N(C1CCO1)c1ccccc1N2C1CCO1. The zero-order valence-electron chi connectivity index (χ0n) is 12.3. The summed E-state index contributed by atoms with van der Waals surface area (Å²) >= 11 is 0. The van der Waals surface area contributed by atoms with Crippen molar-refractivity contribution in [3.8, 4) is 0 Å². The van der Waals surface area contributed by atoms with Crippen molar-refractivity contribution in [2.45, 2.75) is 25.3 Å². The van der Waals surface area contributed by atoms with Crippen LogP contribution in [0, 0.1) is 0 Å². The quantitative estimate of drug-likeness (QED) is 0.842. The number of anilines is 4. The Hall–Kier alpha value is -2.04. The fourth-order valence-electron chi connectivity index (χ4n) is 3.48. The molecule has 112 valence electrons. The minimum Gasteiger partial charge on any atom is -0.358 e. The molecule has 3 aliphatic heterocycles. The zero-order chi connectivity index (χ0) is 14.5. The number of fused-ring (bicyclic) bond motifs is 2. The van der Waals surface area contributed by atoms with Crippen molar-refractivity contribution in [3.05, 3.63) is 48.5 Å². The van der Waals surface area contributed by atoms with Crippen LogP contribution in [0.25, 0.3) is 0 Å². The number of para-hydroxylation sites is 4. The molecule has 3 aliphatic rings. The van der Waals surface area contributed by atoms with Gasteiger partial charge >= 0.3 is 0 Å². The number of nitrogens with zero attached hydrogens (tertiary/aromatic N) is 2. The van der Waals surface area contributed by atoms with Crippen LogP contribution in [0.2, 0.25) is 0 Å². The molecule has 4 nitrogen and oxygen atoms in total. The Kier molecular flexibility index (Phi) is 2.69. The van der Waals surface area contributed by atoms with Gasteiger partial charge in [-0.3, -0.25) is 0 Å². The van der Waals surface area contributed by atoms with Crippen molar-refractivity contribution in [1.82, 2.24) is 0 Å². The van der Waals surface area contributed by atoms with Crippen LogP contribution < -0.4 is 9.80 Å². The van der Waals surface area contributed by atoms with Crippen LogP contribution in [-0.4, -0.2) is 25.7 Å². The first-order valence-electron chi connectivity index (χ1n) is 7.93. The third kappa shape index (κ3) is 1.65. The van der Waals surface area contributed by atoms with Crippen LogP contribution in [0.5, 0.6) is 0 Å². The van der Waals surface area contributed by atoms with Crippen molar-refractivity contribution >= 4 is 22.7 Å². The molecule has 2 fully saturated rings. The van der Waals surface area contributed by atoms with E-state index in [9.17, 15) is 0 Å². The summed E-state index contributed by atoms with van der Waals surface area (Å²) in [4.78, 5) is 4.67. The molecule has 2 unspecified atom stereocenters. The van der Waals surface area contributed by atoms with Crippen LogP contribution in [0.3, 0.4) is 0 Å². The smallest absolute Gasteiger partial charge is 0.136 e. The van der Waals surface area contributed by atoms with E-state index in [2.05, 4.69) is 58.3 Å². The molecule has 0 amide bonds. The molecule has 2 atom stereocenters. The molecule has 0 bridgehead atoms. The summed E-state index contributed by atoms with van der Waals surface area (Å²) in [5.74, 6) is 0. The predicted octanol–water partition coefficient (Wildman–Crippen LogP) is 3.77. The molecule has 0 radical (unpaired) electrons. The van der Waals surface area contributed by atoms with Crippen molar-refractivity contribution in [3.63, 3.8) is 0 Å².